The first-order valence-electron chi connectivity index (χ1n) is 19.5. The van der Waals surface area contributed by atoms with E-state index in [0.29, 0.717) is 30.9 Å². The Morgan fingerprint density at radius 3 is 2.02 bits per heavy atom. The molecule has 2 aliphatic rings. The lowest BCUT2D eigenvalue weighted by Crippen LogP contribution is -2.57. The van der Waals surface area contributed by atoms with Gasteiger partial charge < -0.3 is 48.4 Å². The van der Waals surface area contributed by atoms with Crippen LogP contribution < -0.4 is 10.2 Å². The fourth-order valence-electron chi connectivity index (χ4n) is 5.83. The fourth-order valence-corrected chi connectivity index (χ4v) is 7.24. The molecule has 2 aromatic rings. The topological polar surface area (TPSA) is 224 Å². The van der Waals surface area contributed by atoms with Gasteiger partial charge in [0.2, 0.25) is 19.5 Å². The Balaban J connectivity index is 1.64. The maximum absolute atomic E-state index is 14.4. The number of carbonyl (C=O) groups excluding carboxylic acids is 5. The lowest BCUT2D eigenvalue weighted by Gasteiger charge is -2.36. The van der Waals surface area contributed by atoms with Crippen molar-refractivity contribution in [3.63, 3.8) is 0 Å². The van der Waals surface area contributed by atoms with Crippen molar-refractivity contribution in [2.24, 2.45) is 0 Å². The molecule has 20 nitrogen and oxygen atoms in total. The Kier molecular flexibility index (Phi) is 18.1. The van der Waals surface area contributed by atoms with Gasteiger partial charge in [0.15, 0.2) is 5.82 Å². The van der Waals surface area contributed by atoms with Crippen LogP contribution in [0.3, 0.4) is 0 Å². The van der Waals surface area contributed by atoms with Crippen LogP contribution >= 0.6 is 7.60 Å². The van der Waals surface area contributed by atoms with Crippen molar-refractivity contribution >= 4 is 43.6 Å². The largest absolute Gasteiger partial charge is 0.510 e. The SMILES string of the molecule is CCCCOC(=O)N1CCN(C(=O)C(CP(=O)(OCOC(=O)OC(C)C)OCOC(=O)OC(C)C)NC(=O)c2cc(N3CCC(OC)C3)nc(-c3ccccc3)n2)CC1. The Morgan fingerprint density at radius 2 is 1.46 bits per heavy atom. The summed E-state index contributed by atoms with van der Waals surface area (Å²) in [5.74, 6) is -0.844. The number of nitrogens with one attached hydrogen (secondary N) is 1. The maximum atomic E-state index is 14.4. The summed E-state index contributed by atoms with van der Waals surface area (Å²) in [6, 6.07) is 8.88. The molecule has 2 aliphatic heterocycles. The summed E-state index contributed by atoms with van der Waals surface area (Å²) in [4.78, 5) is 79.5. The number of ether oxygens (including phenoxy) is 6. The smallest absolute Gasteiger partial charge is 0.449 e. The quantitative estimate of drug-likeness (QED) is 0.0658. The predicted octanol–water partition coefficient (Wildman–Crippen LogP) is 4.81. The average molecular weight is 851 g/mol. The number of anilines is 1. The van der Waals surface area contributed by atoms with Crippen molar-refractivity contribution < 1.29 is 66.0 Å². The molecule has 4 rings (SSSR count). The van der Waals surface area contributed by atoms with Crippen LogP contribution in [0, 0.1) is 0 Å². The van der Waals surface area contributed by atoms with Gasteiger partial charge in [0.1, 0.15) is 17.6 Å². The predicted molar refractivity (Wildman–Crippen MR) is 211 cm³/mol. The van der Waals surface area contributed by atoms with Crippen LogP contribution in [0.2, 0.25) is 0 Å². The van der Waals surface area contributed by atoms with Gasteiger partial charge in [0, 0.05) is 58.0 Å². The van der Waals surface area contributed by atoms with E-state index in [0.717, 1.165) is 12.8 Å². The molecule has 3 heterocycles. The molecule has 0 spiro atoms. The Bertz CT molecular complexity index is 1730. The number of amides is 3. The molecule has 1 N–H and O–H groups in total. The summed E-state index contributed by atoms with van der Waals surface area (Å²) in [5, 5.41) is 2.66. The molecule has 2 fully saturated rings. The maximum Gasteiger partial charge on any atom is 0.510 e. The summed E-state index contributed by atoms with van der Waals surface area (Å²) < 4.78 is 55.8. The molecular weight excluding hydrogens is 795 g/mol. The van der Waals surface area contributed by atoms with Crippen LogP contribution in [-0.4, -0.2) is 147 Å². The number of benzene rings is 1. The Labute approximate surface area is 343 Å². The van der Waals surface area contributed by atoms with Gasteiger partial charge in [-0.15, -0.1) is 0 Å². The number of piperazine rings is 1. The molecular formula is C38H55N6O14P. The van der Waals surface area contributed by atoms with Gasteiger partial charge in [-0.05, 0) is 40.5 Å². The van der Waals surface area contributed by atoms with Crippen molar-refractivity contribution in [3.05, 3.63) is 42.1 Å². The van der Waals surface area contributed by atoms with E-state index >= 15 is 0 Å². The van der Waals surface area contributed by atoms with Crippen molar-refractivity contribution in [2.45, 2.75) is 78.2 Å². The van der Waals surface area contributed by atoms with Gasteiger partial charge in [-0.3, -0.25) is 23.2 Å². The highest BCUT2D eigenvalue weighted by molar-refractivity contribution is 7.54. The van der Waals surface area contributed by atoms with E-state index in [9.17, 15) is 28.5 Å². The Morgan fingerprint density at radius 1 is 0.847 bits per heavy atom. The lowest BCUT2D eigenvalue weighted by molar-refractivity contribution is -0.134. The van der Waals surface area contributed by atoms with Gasteiger partial charge in [-0.2, -0.15) is 0 Å². The first-order chi connectivity index (χ1) is 28.2. The first kappa shape index (κ1) is 46.6. The third-order valence-electron chi connectivity index (χ3n) is 8.88. The molecule has 0 saturated carbocycles. The van der Waals surface area contributed by atoms with Crippen molar-refractivity contribution in [2.75, 3.05) is 77.6 Å². The van der Waals surface area contributed by atoms with Gasteiger partial charge in [-0.25, -0.2) is 24.4 Å². The molecule has 0 radical (unpaired) electrons. The highest BCUT2D eigenvalue weighted by atomic mass is 31.2. The second-order valence-electron chi connectivity index (χ2n) is 14.1. The van der Waals surface area contributed by atoms with Crippen LogP contribution in [-0.2, 0) is 46.8 Å². The highest BCUT2D eigenvalue weighted by Gasteiger charge is 2.39. The molecule has 1 aromatic carbocycles. The van der Waals surface area contributed by atoms with Gasteiger partial charge in [0.05, 0.1) is 31.1 Å². The van der Waals surface area contributed by atoms with E-state index in [4.69, 9.17) is 42.5 Å². The second-order valence-corrected chi connectivity index (χ2v) is 16.2. The monoisotopic (exact) mass is 850 g/mol. The van der Waals surface area contributed by atoms with Gasteiger partial charge >= 0.3 is 26.0 Å². The molecule has 326 valence electrons. The molecule has 2 atom stereocenters. The van der Waals surface area contributed by atoms with E-state index in [1.165, 1.54) is 15.9 Å². The minimum Gasteiger partial charge on any atom is -0.449 e. The number of carbonyl (C=O) groups is 5. The average Bonchev–Trinajstić information content (AvgIpc) is 3.70. The van der Waals surface area contributed by atoms with Crippen molar-refractivity contribution in [1.29, 1.82) is 0 Å². The summed E-state index contributed by atoms with van der Waals surface area (Å²) in [5.41, 5.74) is 0.520. The van der Waals surface area contributed by atoms with Gasteiger partial charge in [0.25, 0.3) is 5.91 Å². The first-order valence-corrected chi connectivity index (χ1v) is 21.2. The zero-order chi connectivity index (χ0) is 43.0. The number of hydrogen-bond donors (Lipinski definition) is 1. The summed E-state index contributed by atoms with van der Waals surface area (Å²) in [6.07, 6.45) is -2.48. The lowest BCUT2D eigenvalue weighted by atomic mass is 10.2. The van der Waals surface area contributed by atoms with Crippen LogP contribution in [0.25, 0.3) is 11.4 Å². The van der Waals surface area contributed by atoms with Crippen LogP contribution in [0.4, 0.5) is 20.2 Å². The molecule has 1 aromatic heterocycles. The number of rotatable bonds is 19. The minimum atomic E-state index is -4.61. The Hall–Kier alpha value is -5.04. The minimum absolute atomic E-state index is 0.0415. The third kappa shape index (κ3) is 14.9. The van der Waals surface area contributed by atoms with E-state index in [1.54, 1.807) is 59.1 Å². The molecule has 2 saturated heterocycles. The zero-order valence-corrected chi connectivity index (χ0v) is 35.3. The second kappa shape index (κ2) is 22.9. The highest BCUT2D eigenvalue weighted by Crippen LogP contribution is 2.49. The number of methoxy groups -OCH3 is 1. The van der Waals surface area contributed by atoms with Crippen molar-refractivity contribution in [1.82, 2.24) is 25.1 Å². The van der Waals surface area contributed by atoms with E-state index in [2.05, 4.69) is 10.3 Å². The van der Waals surface area contributed by atoms with Crippen LogP contribution in [0.15, 0.2) is 36.4 Å². The summed E-state index contributed by atoms with van der Waals surface area (Å²) >= 11 is 0. The van der Waals surface area contributed by atoms with Crippen LogP contribution in [0.5, 0.6) is 0 Å². The van der Waals surface area contributed by atoms with E-state index in [1.807, 2.05) is 17.9 Å². The number of aromatic nitrogens is 2. The summed E-state index contributed by atoms with van der Waals surface area (Å²) in [7, 11) is -2.99. The van der Waals surface area contributed by atoms with E-state index in [-0.39, 0.29) is 50.4 Å². The molecule has 3 amide bonds. The zero-order valence-electron chi connectivity index (χ0n) is 34.4. The fraction of sp³-hybridized carbons (Fsp3) is 0.605. The molecule has 0 aliphatic carbocycles. The molecule has 0 bridgehead atoms. The molecule has 59 heavy (non-hydrogen) atoms. The number of hydrogen-bond acceptors (Lipinski definition) is 17. The standard InChI is InChI=1S/C38H55N6O14P/c1-7-8-20-52-36(47)43-18-16-42(17-19-43)35(46)31(23-59(50,55-24-53-37(48)57-26(2)3)56-25-54-38(49)58-27(4)5)40-34(45)30-21-32(44-15-14-29(22-44)51-6)41-33(39-30)28-12-10-9-11-13-28/h9-13,21,26-27,29,31H,7-8,14-20,22-25H2,1-6H3,(H,40,45). The van der Waals surface area contributed by atoms with Gasteiger partial charge in [-0.1, -0.05) is 43.7 Å². The molecule has 2 unspecified atom stereocenters. The van der Waals surface area contributed by atoms with Crippen molar-refractivity contribution in [3.8, 4) is 11.4 Å². The molecule has 21 heteroatoms. The summed E-state index contributed by atoms with van der Waals surface area (Å²) in [6.45, 7) is 8.10. The number of nitrogens with zero attached hydrogens (tertiary/aromatic N) is 5. The normalized spacial score (nSPS) is 16.1. The van der Waals surface area contributed by atoms with E-state index < -0.39 is 75.8 Å². The third-order valence-corrected chi connectivity index (χ3v) is 10.7. The van der Waals surface area contributed by atoms with Crippen LogP contribution in [0.1, 0.15) is 64.4 Å². The number of unbranched alkanes of at least 4 members (excludes halogenated alkanes) is 1.